The van der Waals surface area contributed by atoms with Crippen molar-refractivity contribution in [1.82, 2.24) is 0 Å². The number of benzene rings is 1. The van der Waals surface area contributed by atoms with Gasteiger partial charge in [0.25, 0.3) is 0 Å². The predicted molar refractivity (Wildman–Crippen MR) is 79.0 cm³/mol. The van der Waals surface area contributed by atoms with Crippen molar-refractivity contribution in [1.29, 1.82) is 0 Å². The zero-order valence-electron chi connectivity index (χ0n) is 12.0. The minimum atomic E-state index is -0.311. The Labute approximate surface area is 119 Å². The predicted octanol–water partition coefficient (Wildman–Crippen LogP) is 2.79. The first-order chi connectivity index (χ1) is 9.69. The SMILES string of the molecule is C=CCC1Cc2cc(OC)ccc2N[C@@H]1C(=O)OCC. The number of carbonyl (C=O) groups is 1. The third-order valence-electron chi connectivity index (χ3n) is 3.59. The zero-order valence-corrected chi connectivity index (χ0v) is 12.0. The highest BCUT2D eigenvalue weighted by Crippen LogP contribution is 2.33. The standard InChI is InChI=1S/C16H21NO3/c1-4-6-11-9-12-10-13(19-3)7-8-14(12)17-15(11)16(18)20-5-2/h4,7-8,10-11,15,17H,1,5-6,9H2,2-3H3/t11?,15-/m0/s1. The molecule has 1 unspecified atom stereocenters. The molecule has 2 rings (SSSR count). The first-order valence-corrected chi connectivity index (χ1v) is 6.90. The van der Waals surface area contributed by atoms with Gasteiger partial charge in [0, 0.05) is 5.69 Å². The van der Waals surface area contributed by atoms with Crippen molar-refractivity contribution >= 4 is 11.7 Å². The van der Waals surface area contributed by atoms with E-state index in [0.29, 0.717) is 6.61 Å². The number of hydrogen-bond donors (Lipinski definition) is 1. The van der Waals surface area contributed by atoms with Gasteiger partial charge in [-0.3, -0.25) is 0 Å². The molecule has 4 heteroatoms. The first kappa shape index (κ1) is 14.4. The number of rotatable bonds is 5. The van der Waals surface area contributed by atoms with Crippen LogP contribution in [0.4, 0.5) is 5.69 Å². The van der Waals surface area contributed by atoms with E-state index in [1.807, 2.05) is 31.2 Å². The lowest BCUT2D eigenvalue weighted by Crippen LogP contribution is -2.42. The second-order valence-electron chi connectivity index (χ2n) is 4.89. The Morgan fingerprint density at radius 2 is 2.35 bits per heavy atom. The smallest absolute Gasteiger partial charge is 0.328 e. The van der Waals surface area contributed by atoms with Gasteiger partial charge in [0.15, 0.2) is 0 Å². The van der Waals surface area contributed by atoms with Gasteiger partial charge >= 0.3 is 5.97 Å². The number of anilines is 1. The van der Waals surface area contributed by atoms with Crippen LogP contribution in [0.15, 0.2) is 30.9 Å². The molecule has 1 N–H and O–H groups in total. The molecule has 4 nitrogen and oxygen atoms in total. The fourth-order valence-corrected chi connectivity index (χ4v) is 2.61. The molecule has 0 amide bonds. The van der Waals surface area contributed by atoms with Crippen LogP contribution in [0.2, 0.25) is 0 Å². The number of ether oxygens (including phenoxy) is 2. The van der Waals surface area contributed by atoms with Crippen LogP contribution in [-0.4, -0.2) is 25.7 Å². The molecule has 1 heterocycles. The summed E-state index contributed by atoms with van der Waals surface area (Å²) in [6.45, 7) is 6.00. The number of nitrogens with one attached hydrogen (secondary N) is 1. The van der Waals surface area contributed by atoms with E-state index in [1.165, 1.54) is 0 Å². The molecule has 0 aromatic heterocycles. The molecule has 1 aliphatic rings. The third-order valence-corrected chi connectivity index (χ3v) is 3.59. The van der Waals surface area contributed by atoms with E-state index >= 15 is 0 Å². The van der Waals surface area contributed by atoms with Crippen LogP contribution in [0, 0.1) is 5.92 Å². The molecule has 0 spiro atoms. The van der Waals surface area contributed by atoms with Gasteiger partial charge < -0.3 is 14.8 Å². The molecule has 0 fully saturated rings. The quantitative estimate of drug-likeness (QED) is 0.663. The van der Waals surface area contributed by atoms with Crippen LogP contribution in [-0.2, 0) is 16.0 Å². The van der Waals surface area contributed by atoms with E-state index in [4.69, 9.17) is 9.47 Å². The van der Waals surface area contributed by atoms with Crippen LogP contribution in [0.5, 0.6) is 5.75 Å². The molecule has 1 aliphatic heterocycles. The number of carbonyl (C=O) groups excluding carboxylic acids is 1. The second kappa shape index (κ2) is 6.46. The molecular formula is C16H21NO3. The van der Waals surface area contributed by atoms with Gasteiger partial charge in [0.05, 0.1) is 13.7 Å². The fraction of sp³-hybridized carbons (Fsp3) is 0.438. The van der Waals surface area contributed by atoms with E-state index in [9.17, 15) is 4.79 Å². The van der Waals surface area contributed by atoms with E-state index in [2.05, 4.69) is 11.9 Å². The molecule has 1 aromatic carbocycles. The van der Waals surface area contributed by atoms with Crippen molar-refractivity contribution in [2.45, 2.75) is 25.8 Å². The lowest BCUT2D eigenvalue weighted by Gasteiger charge is -2.32. The number of allylic oxidation sites excluding steroid dienone is 1. The van der Waals surface area contributed by atoms with Crippen LogP contribution in [0.1, 0.15) is 18.9 Å². The summed E-state index contributed by atoms with van der Waals surface area (Å²) in [6.07, 6.45) is 3.44. The number of esters is 1. The van der Waals surface area contributed by atoms with Crippen LogP contribution < -0.4 is 10.1 Å². The number of hydrogen-bond acceptors (Lipinski definition) is 4. The van der Waals surface area contributed by atoms with Gasteiger partial charge in [-0.25, -0.2) is 4.79 Å². The van der Waals surface area contributed by atoms with Crippen molar-refractivity contribution in [3.05, 3.63) is 36.4 Å². The Kier molecular flexibility index (Phi) is 4.66. The summed E-state index contributed by atoms with van der Waals surface area (Å²) in [7, 11) is 1.65. The first-order valence-electron chi connectivity index (χ1n) is 6.90. The topological polar surface area (TPSA) is 47.6 Å². The summed E-state index contributed by atoms with van der Waals surface area (Å²) in [5.41, 5.74) is 2.14. The van der Waals surface area contributed by atoms with Gasteiger partial charge in [-0.2, -0.15) is 0 Å². The maximum atomic E-state index is 12.1. The van der Waals surface area contributed by atoms with E-state index < -0.39 is 0 Å². The third kappa shape index (κ3) is 2.95. The van der Waals surface area contributed by atoms with Crippen LogP contribution in [0.25, 0.3) is 0 Å². The van der Waals surface area contributed by atoms with E-state index in [-0.39, 0.29) is 17.9 Å². The Hall–Kier alpha value is -1.97. The zero-order chi connectivity index (χ0) is 14.5. The maximum Gasteiger partial charge on any atom is 0.328 e. The lowest BCUT2D eigenvalue weighted by molar-refractivity contribution is -0.145. The minimum Gasteiger partial charge on any atom is -0.497 e. The van der Waals surface area contributed by atoms with Crippen molar-refractivity contribution in [2.75, 3.05) is 19.0 Å². The molecule has 0 saturated carbocycles. The summed E-state index contributed by atoms with van der Waals surface area (Å²) < 4.78 is 10.4. The Morgan fingerprint density at radius 1 is 1.55 bits per heavy atom. The summed E-state index contributed by atoms with van der Waals surface area (Å²) in [5, 5.41) is 3.29. The molecule has 0 aliphatic carbocycles. The Bertz CT molecular complexity index is 498. The Balaban J connectivity index is 2.26. The minimum absolute atomic E-state index is 0.158. The average molecular weight is 275 g/mol. The van der Waals surface area contributed by atoms with Gasteiger partial charge in [0.1, 0.15) is 11.8 Å². The summed E-state index contributed by atoms with van der Waals surface area (Å²) in [4.78, 5) is 12.1. The highest BCUT2D eigenvalue weighted by atomic mass is 16.5. The van der Waals surface area contributed by atoms with Gasteiger partial charge in [-0.15, -0.1) is 6.58 Å². The molecule has 0 radical (unpaired) electrons. The molecule has 0 bridgehead atoms. The van der Waals surface area contributed by atoms with Crippen molar-refractivity contribution < 1.29 is 14.3 Å². The maximum absolute atomic E-state index is 12.1. The second-order valence-corrected chi connectivity index (χ2v) is 4.89. The molecular weight excluding hydrogens is 254 g/mol. The molecule has 1 aromatic rings. The van der Waals surface area contributed by atoms with E-state index in [1.54, 1.807) is 7.11 Å². The average Bonchev–Trinajstić information content (AvgIpc) is 2.46. The molecule has 2 atom stereocenters. The summed E-state index contributed by atoms with van der Waals surface area (Å²) in [5.74, 6) is 0.796. The van der Waals surface area contributed by atoms with Gasteiger partial charge in [0.2, 0.25) is 0 Å². The fourth-order valence-electron chi connectivity index (χ4n) is 2.61. The lowest BCUT2D eigenvalue weighted by atomic mass is 9.85. The summed E-state index contributed by atoms with van der Waals surface area (Å²) >= 11 is 0. The van der Waals surface area contributed by atoms with Crippen LogP contribution >= 0.6 is 0 Å². The number of fused-ring (bicyclic) bond motifs is 1. The molecule has 0 saturated heterocycles. The van der Waals surface area contributed by atoms with Crippen molar-refractivity contribution in [3.8, 4) is 5.75 Å². The van der Waals surface area contributed by atoms with Crippen molar-refractivity contribution in [3.63, 3.8) is 0 Å². The highest BCUT2D eigenvalue weighted by Gasteiger charge is 2.33. The van der Waals surface area contributed by atoms with Crippen LogP contribution in [0.3, 0.4) is 0 Å². The van der Waals surface area contributed by atoms with Gasteiger partial charge in [-0.1, -0.05) is 6.08 Å². The normalized spacial score (nSPS) is 20.5. The molecule has 20 heavy (non-hydrogen) atoms. The van der Waals surface area contributed by atoms with Gasteiger partial charge in [-0.05, 0) is 49.4 Å². The summed E-state index contributed by atoms with van der Waals surface area (Å²) in [6, 6.07) is 5.54. The Morgan fingerprint density at radius 3 is 3.00 bits per heavy atom. The van der Waals surface area contributed by atoms with E-state index in [0.717, 1.165) is 29.8 Å². The largest absolute Gasteiger partial charge is 0.497 e. The monoisotopic (exact) mass is 275 g/mol. The molecule has 108 valence electrons. The highest BCUT2D eigenvalue weighted by molar-refractivity contribution is 5.81. The van der Waals surface area contributed by atoms with Crippen molar-refractivity contribution in [2.24, 2.45) is 5.92 Å². The number of methoxy groups -OCH3 is 1.